The Balaban J connectivity index is 2.17. The molecule has 1 aromatic rings. The Hall–Kier alpha value is -2.38. The largest absolute Gasteiger partial charge is 0.465 e. The van der Waals surface area contributed by atoms with Gasteiger partial charge in [0.15, 0.2) is 5.76 Å². The molecule has 0 aliphatic carbocycles. The van der Waals surface area contributed by atoms with Crippen LogP contribution in [-0.2, 0) is 19.0 Å². The maximum atomic E-state index is 12.4. The molecule has 0 saturated carbocycles. The average molecular weight is 377 g/mol. The van der Waals surface area contributed by atoms with E-state index in [9.17, 15) is 9.59 Å². The number of aliphatic hydroxyl groups excluding tert-OH is 1. The van der Waals surface area contributed by atoms with Crippen LogP contribution < -0.4 is 0 Å². The van der Waals surface area contributed by atoms with Crippen LogP contribution in [0.15, 0.2) is 36.1 Å². The van der Waals surface area contributed by atoms with Crippen LogP contribution in [0.4, 0.5) is 0 Å². The fraction of sp³-hybridized carbons (Fsp3) is 0.500. The molecule has 1 aromatic carbocycles. The minimum Gasteiger partial charge on any atom is -0.465 e. The molecule has 2 rings (SSSR count). The molecule has 0 radical (unpaired) electrons. The van der Waals surface area contributed by atoms with Gasteiger partial charge in [-0.1, -0.05) is 12.1 Å². The SMILES string of the molecule is COC(=O)c1ccc([C@H]2C=C(C(=O)N(C)C)O[C@@H](OCCCCO)C2)cc1. The third-order valence-electron chi connectivity index (χ3n) is 4.29. The lowest BCUT2D eigenvalue weighted by atomic mass is 9.92. The monoisotopic (exact) mass is 377 g/mol. The van der Waals surface area contributed by atoms with E-state index in [-0.39, 0.29) is 24.2 Å². The third-order valence-corrected chi connectivity index (χ3v) is 4.29. The fourth-order valence-electron chi connectivity index (χ4n) is 2.78. The molecule has 7 heteroatoms. The predicted molar refractivity (Wildman–Crippen MR) is 99.1 cm³/mol. The van der Waals surface area contributed by atoms with E-state index in [1.165, 1.54) is 12.0 Å². The first-order chi connectivity index (χ1) is 13.0. The predicted octanol–water partition coefficient (Wildman–Crippen LogP) is 2.06. The number of ether oxygens (including phenoxy) is 3. The van der Waals surface area contributed by atoms with Crippen molar-refractivity contribution >= 4 is 11.9 Å². The second-order valence-electron chi connectivity index (χ2n) is 6.54. The van der Waals surface area contributed by atoms with Gasteiger partial charge in [-0.05, 0) is 36.6 Å². The van der Waals surface area contributed by atoms with Gasteiger partial charge in [0.25, 0.3) is 5.91 Å². The van der Waals surface area contributed by atoms with Crippen molar-refractivity contribution < 1.29 is 28.9 Å². The van der Waals surface area contributed by atoms with Gasteiger partial charge in [-0.3, -0.25) is 4.79 Å². The van der Waals surface area contributed by atoms with Crippen LogP contribution in [-0.4, -0.2) is 62.6 Å². The van der Waals surface area contributed by atoms with Crippen LogP contribution in [0.25, 0.3) is 0 Å². The Morgan fingerprint density at radius 2 is 1.93 bits per heavy atom. The van der Waals surface area contributed by atoms with E-state index >= 15 is 0 Å². The Morgan fingerprint density at radius 3 is 2.52 bits per heavy atom. The zero-order valence-corrected chi connectivity index (χ0v) is 16.0. The van der Waals surface area contributed by atoms with E-state index in [1.54, 1.807) is 32.3 Å². The highest BCUT2D eigenvalue weighted by molar-refractivity contribution is 5.91. The third kappa shape index (κ3) is 5.80. The van der Waals surface area contributed by atoms with Crippen molar-refractivity contribution in [1.29, 1.82) is 0 Å². The van der Waals surface area contributed by atoms with E-state index in [2.05, 4.69) is 0 Å². The normalized spacial score (nSPS) is 19.0. The smallest absolute Gasteiger partial charge is 0.337 e. The number of hydrogen-bond donors (Lipinski definition) is 1. The van der Waals surface area contributed by atoms with Gasteiger partial charge in [-0.25, -0.2) is 4.79 Å². The zero-order chi connectivity index (χ0) is 19.8. The summed E-state index contributed by atoms with van der Waals surface area (Å²) >= 11 is 0. The molecular formula is C20H27NO6. The summed E-state index contributed by atoms with van der Waals surface area (Å²) < 4.78 is 16.2. The van der Waals surface area contributed by atoms with Crippen molar-refractivity contribution in [1.82, 2.24) is 4.90 Å². The van der Waals surface area contributed by atoms with Gasteiger partial charge in [0.05, 0.1) is 19.3 Å². The first-order valence-corrected chi connectivity index (χ1v) is 8.97. The highest BCUT2D eigenvalue weighted by Crippen LogP contribution is 2.32. The molecule has 1 aliphatic rings. The van der Waals surface area contributed by atoms with Crippen LogP contribution in [0.5, 0.6) is 0 Å². The Kier molecular flexibility index (Phi) is 7.82. The molecule has 1 N–H and O–H groups in total. The van der Waals surface area contributed by atoms with E-state index in [1.807, 2.05) is 12.1 Å². The van der Waals surface area contributed by atoms with Crippen LogP contribution >= 0.6 is 0 Å². The number of hydrogen-bond acceptors (Lipinski definition) is 6. The summed E-state index contributed by atoms with van der Waals surface area (Å²) in [5, 5.41) is 8.87. The zero-order valence-electron chi connectivity index (χ0n) is 16.0. The molecule has 0 spiro atoms. The van der Waals surface area contributed by atoms with Crippen molar-refractivity contribution in [2.24, 2.45) is 0 Å². The number of aliphatic hydroxyl groups is 1. The Bertz CT molecular complexity index is 668. The minimum atomic E-state index is -0.544. The molecule has 27 heavy (non-hydrogen) atoms. The maximum Gasteiger partial charge on any atom is 0.337 e. The molecule has 1 heterocycles. The molecule has 2 atom stereocenters. The van der Waals surface area contributed by atoms with Gasteiger partial charge in [-0.15, -0.1) is 0 Å². The van der Waals surface area contributed by atoms with Crippen LogP contribution in [0.2, 0.25) is 0 Å². The molecule has 0 aromatic heterocycles. The first-order valence-electron chi connectivity index (χ1n) is 8.97. The number of nitrogens with zero attached hydrogens (tertiary/aromatic N) is 1. The summed E-state index contributed by atoms with van der Waals surface area (Å²) in [4.78, 5) is 25.4. The second-order valence-corrected chi connectivity index (χ2v) is 6.54. The number of esters is 1. The molecular weight excluding hydrogens is 350 g/mol. The van der Waals surface area contributed by atoms with Crippen LogP contribution in [0.1, 0.15) is 41.1 Å². The number of rotatable bonds is 8. The molecule has 0 fully saturated rings. The topological polar surface area (TPSA) is 85.3 Å². The number of methoxy groups -OCH3 is 1. The van der Waals surface area contributed by atoms with Crippen LogP contribution in [0, 0.1) is 0 Å². The number of amides is 1. The molecule has 148 valence electrons. The number of likely N-dealkylation sites (N-methyl/N-ethyl adjacent to an activating group) is 1. The van der Waals surface area contributed by atoms with E-state index in [4.69, 9.17) is 19.3 Å². The number of carbonyl (C=O) groups is 2. The summed E-state index contributed by atoms with van der Waals surface area (Å²) in [6.07, 6.45) is 3.18. The number of carbonyl (C=O) groups excluding carboxylic acids is 2. The number of unbranched alkanes of at least 4 members (excludes halogenated alkanes) is 1. The van der Waals surface area contributed by atoms with E-state index in [0.717, 1.165) is 12.0 Å². The lowest BCUT2D eigenvalue weighted by Gasteiger charge is -2.30. The minimum absolute atomic E-state index is 0.0767. The molecule has 0 saturated heterocycles. The Morgan fingerprint density at radius 1 is 1.22 bits per heavy atom. The van der Waals surface area contributed by atoms with Crippen LogP contribution in [0.3, 0.4) is 0 Å². The standard InChI is InChI=1S/C20H27NO6/c1-21(2)19(23)17-12-16(13-18(27-17)26-11-5-4-10-22)14-6-8-15(9-7-14)20(24)25-3/h6-9,12,16,18,22H,4-5,10-11,13H2,1-3H3/t16-,18+/m0/s1. The fourth-order valence-corrected chi connectivity index (χ4v) is 2.78. The summed E-state index contributed by atoms with van der Waals surface area (Å²) in [5.41, 5.74) is 1.43. The van der Waals surface area contributed by atoms with Crippen molar-refractivity contribution in [3.63, 3.8) is 0 Å². The van der Waals surface area contributed by atoms with Gasteiger partial charge in [0.1, 0.15) is 0 Å². The van der Waals surface area contributed by atoms with E-state index < -0.39 is 12.3 Å². The average Bonchev–Trinajstić information content (AvgIpc) is 2.69. The molecule has 0 bridgehead atoms. The molecule has 7 nitrogen and oxygen atoms in total. The van der Waals surface area contributed by atoms with Gasteiger partial charge >= 0.3 is 5.97 Å². The first kappa shape index (κ1) is 20.9. The quantitative estimate of drug-likeness (QED) is 0.551. The molecule has 1 amide bonds. The second kappa shape index (κ2) is 10.1. The number of allylic oxidation sites excluding steroid dienone is 1. The Labute approximate surface area is 159 Å². The highest BCUT2D eigenvalue weighted by Gasteiger charge is 2.29. The van der Waals surface area contributed by atoms with Gasteiger partial charge in [0, 0.05) is 33.0 Å². The number of benzene rings is 1. The van der Waals surface area contributed by atoms with E-state index in [0.29, 0.717) is 25.0 Å². The van der Waals surface area contributed by atoms with Crippen molar-refractivity contribution in [3.05, 3.63) is 47.2 Å². The lowest BCUT2D eigenvalue weighted by molar-refractivity contribution is -0.151. The molecule has 1 aliphatic heterocycles. The summed E-state index contributed by atoms with van der Waals surface area (Å²) in [6.45, 7) is 0.566. The molecule has 0 unspecified atom stereocenters. The van der Waals surface area contributed by atoms with Gasteiger partial charge in [0.2, 0.25) is 6.29 Å². The van der Waals surface area contributed by atoms with Crippen molar-refractivity contribution in [3.8, 4) is 0 Å². The lowest BCUT2D eigenvalue weighted by Crippen LogP contribution is -2.32. The summed E-state index contributed by atoms with van der Waals surface area (Å²) in [5.74, 6) is -0.444. The summed E-state index contributed by atoms with van der Waals surface area (Å²) in [6, 6.07) is 7.10. The van der Waals surface area contributed by atoms with Crippen molar-refractivity contribution in [2.75, 3.05) is 34.4 Å². The van der Waals surface area contributed by atoms with Gasteiger partial charge in [-0.2, -0.15) is 0 Å². The van der Waals surface area contributed by atoms with Gasteiger partial charge < -0.3 is 24.2 Å². The van der Waals surface area contributed by atoms with Crippen molar-refractivity contribution in [2.45, 2.75) is 31.5 Å². The summed E-state index contributed by atoms with van der Waals surface area (Å²) in [7, 11) is 4.67. The highest BCUT2D eigenvalue weighted by atomic mass is 16.7. The maximum absolute atomic E-state index is 12.4.